The molecule has 23 heavy (non-hydrogen) atoms. The molecule has 0 spiro atoms. The molecule has 1 aromatic rings. The third-order valence-electron chi connectivity index (χ3n) is 2.98. The van der Waals surface area contributed by atoms with Gasteiger partial charge in [-0.25, -0.2) is 14.8 Å². The van der Waals surface area contributed by atoms with E-state index in [0.29, 0.717) is 26.2 Å². The number of piperazine rings is 1. The van der Waals surface area contributed by atoms with Gasteiger partial charge >= 0.3 is 6.09 Å². The van der Waals surface area contributed by atoms with Crippen LogP contribution in [0, 0.1) is 0 Å². The summed E-state index contributed by atoms with van der Waals surface area (Å²) in [7, 11) is 0. The molecule has 0 saturated carbocycles. The summed E-state index contributed by atoms with van der Waals surface area (Å²) >= 11 is 0. The monoisotopic (exact) mass is 322 g/mol. The van der Waals surface area contributed by atoms with Gasteiger partial charge in [0.05, 0.1) is 0 Å². The van der Waals surface area contributed by atoms with Gasteiger partial charge in [-0.05, 0) is 26.8 Å². The average Bonchev–Trinajstić information content (AvgIpc) is 2.55. The predicted octanol–water partition coefficient (Wildman–Crippen LogP) is 2.20. The van der Waals surface area contributed by atoms with Crippen molar-refractivity contribution < 1.29 is 14.3 Å². The van der Waals surface area contributed by atoms with Crippen LogP contribution in [0.4, 0.5) is 4.79 Å². The van der Waals surface area contributed by atoms with Crippen LogP contribution in [-0.2, 0) is 4.74 Å². The van der Waals surface area contributed by atoms with Crippen molar-refractivity contribution in [2.45, 2.75) is 40.2 Å². The molecule has 0 atom stereocenters. The molecule has 2 amide bonds. The maximum atomic E-state index is 12.2. The van der Waals surface area contributed by atoms with E-state index in [-0.39, 0.29) is 17.8 Å². The number of aromatic nitrogens is 2. The molecule has 0 unspecified atom stereocenters. The summed E-state index contributed by atoms with van der Waals surface area (Å²) in [6.45, 7) is 11.3. The number of ether oxygens (including phenoxy) is 1. The molecule has 7 nitrogen and oxygen atoms in total. The maximum Gasteiger partial charge on any atom is 0.410 e. The fraction of sp³-hybridized carbons (Fsp3) is 0.625. The van der Waals surface area contributed by atoms with Gasteiger partial charge in [0.15, 0.2) is 0 Å². The first-order valence-corrected chi connectivity index (χ1v) is 7.91. The first-order valence-electron chi connectivity index (χ1n) is 7.91. The van der Waals surface area contributed by atoms with Crippen molar-refractivity contribution in [2.24, 2.45) is 0 Å². The van der Waals surface area contributed by atoms with Gasteiger partial charge in [-0.1, -0.05) is 13.8 Å². The number of hydrogen-bond acceptors (Lipinski definition) is 5. The quantitative estimate of drug-likeness (QED) is 0.792. The standard InChI is InChI=1S/C14H20N4O3.C2H6/c1-14(2,3)21-13(20)18-9-7-17(8-10-18)12(19)11-15-5-4-6-16-11;1-2/h4-6H,7-10H2,1-3H3;1-2H3. The van der Waals surface area contributed by atoms with Crippen LogP contribution in [0.2, 0.25) is 0 Å². The zero-order valence-corrected chi connectivity index (χ0v) is 14.6. The second kappa shape index (κ2) is 8.45. The van der Waals surface area contributed by atoms with Crippen LogP contribution in [-0.4, -0.2) is 63.5 Å². The molecule has 0 aliphatic carbocycles. The van der Waals surface area contributed by atoms with Gasteiger partial charge in [0.1, 0.15) is 5.60 Å². The third kappa shape index (κ3) is 5.84. The molecule has 0 N–H and O–H groups in total. The number of carbonyl (C=O) groups excluding carboxylic acids is 2. The Morgan fingerprint density at radius 1 is 1.00 bits per heavy atom. The third-order valence-corrected chi connectivity index (χ3v) is 2.98. The molecule has 0 radical (unpaired) electrons. The molecule has 0 bridgehead atoms. The molecule has 128 valence electrons. The zero-order valence-electron chi connectivity index (χ0n) is 14.6. The average molecular weight is 322 g/mol. The summed E-state index contributed by atoms with van der Waals surface area (Å²) in [5.74, 6) is -0.0253. The summed E-state index contributed by atoms with van der Waals surface area (Å²) in [6, 6.07) is 1.66. The second-order valence-corrected chi connectivity index (χ2v) is 5.83. The SMILES string of the molecule is CC.CC(C)(C)OC(=O)N1CCN(C(=O)c2ncccn2)CC1. The number of amides is 2. The van der Waals surface area contributed by atoms with Crippen molar-refractivity contribution in [1.82, 2.24) is 19.8 Å². The molecule has 1 saturated heterocycles. The van der Waals surface area contributed by atoms with E-state index in [1.54, 1.807) is 15.9 Å². The number of hydrogen-bond donors (Lipinski definition) is 0. The van der Waals surface area contributed by atoms with Gasteiger partial charge < -0.3 is 14.5 Å². The van der Waals surface area contributed by atoms with E-state index >= 15 is 0 Å². The number of rotatable bonds is 1. The molecule has 2 heterocycles. The summed E-state index contributed by atoms with van der Waals surface area (Å²) in [4.78, 5) is 35.3. The fourth-order valence-electron chi connectivity index (χ4n) is 1.97. The topological polar surface area (TPSA) is 75.6 Å². The Morgan fingerprint density at radius 2 is 1.48 bits per heavy atom. The Hall–Kier alpha value is -2.18. The van der Waals surface area contributed by atoms with E-state index in [9.17, 15) is 9.59 Å². The van der Waals surface area contributed by atoms with Crippen LogP contribution in [0.5, 0.6) is 0 Å². The minimum Gasteiger partial charge on any atom is -0.444 e. The smallest absolute Gasteiger partial charge is 0.410 e. The zero-order chi connectivity index (χ0) is 17.5. The summed E-state index contributed by atoms with van der Waals surface area (Å²) < 4.78 is 5.32. The lowest BCUT2D eigenvalue weighted by molar-refractivity contribution is 0.0139. The van der Waals surface area contributed by atoms with Crippen LogP contribution in [0.25, 0.3) is 0 Å². The van der Waals surface area contributed by atoms with Gasteiger partial charge in [0.2, 0.25) is 5.82 Å². The first-order chi connectivity index (χ1) is 10.9. The van der Waals surface area contributed by atoms with Crippen LogP contribution in [0.3, 0.4) is 0 Å². The van der Waals surface area contributed by atoms with Crippen LogP contribution >= 0.6 is 0 Å². The van der Waals surface area contributed by atoms with E-state index in [2.05, 4.69) is 9.97 Å². The fourth-order valence-corrected chi connectivity index (χ4v) is 1.97. The molecule has 2 rings (SSSR count). The Balaban J connectivity index is 0.00000127. The minimum absolute atomic E-state index is 0.184. The molecule has 1 fully saturated rings. The van der Waals surface area contributed by atoms with Crippen LogP contribution in [0.15, 0.2) is 18.5 Å². The molecule has 7 heteroatoms. The summed E-state index contributed by atoms with van der Waals surface area (Å²) in [5, 5.41) is 0. The van der Waals surface area contributed by atoms with Crippen LogP contribution in [0.1, 0.15) is 45.2 Å². The summed E-state index contributed by atoms with van der Waals surface area (Å²) in [6.07, 6.45) is 2.74. The van der Waals surface area contributed by atoms with Crippen molar-refractivity contribution in [1.29, 1.82) is 0 Å². The van der Waals surface area contributed by atoms with Crippen molar-refractivity contribution in [2.75, 3.05) is 26.2 Å². The van der Waals surface area contributed by atoms with E-state index in [0.717, 1.165) is 0 Å². The van der Waals surface area contributed by atoms with Crippen molar-refractivity contribution in [3.05, 3.63) is 24.3 Å². The largest absolute Gasteiger partial charge is 0.444 e. The number of nitrogens with zero attached hydrogens (tertiary/aromatic N) is 4. The lowest BCUT2D eigenvalue weighted by atomic mass is 10.2. The minimum atomic E-state index is -0.512. The van der Waals surface area contributed by atoms with E-state index in [4.69, 9.17) is 4.74 Å². The highest BCUT2D eigenvalue weighted by Gasteiger charge is 2.28. The van der Waals surface area contributed by atoms with Gasteiger partial charge in [-0.15, -0.1) is 0 Å². The molecule has 1 aromatic heterocycles. The highest BCUT2D eigenvalue weighted by atomic mass is 16.6. The molecule has 0 aromatic carbocycles. The van der Waals surface area contributed by atoms with Crippen molar-refractivity contribution in [3.63, 3.8) is 0 Å². The van der Waals surface area contributed by atoms with Gasteiger partial charge in [0, 0.05) is 38.6 Å². The normalized spacial score (nSPS) is 14.7. The van der Waals surface area contributed by atoms with E-state index in [1.165, 1.54) is 12.4 Å². The van der Waals surface area contributed by atoms with Crippen molar-refractivity contribution >= 4 is 12.0 Å². The van der Waals surface area contributed by atoms with Gasteiger partial charge in [-0.2, -0.15) is 0 Å². The van der Waals surface area contributed by atoms with E-state index < -0.39 is 5.60 Å². The van der Waals surface area contributed by atoms with Crippen molar-refractivity contribution in [3.8, 4) is 0 Å². The predicted molar refractivity (Wildman–Crippen MR) is 87.1 cm³/mol. The highest BCUT2D eigenvalue weighted by molar-refractivity contribution is 5.90. The molecular formula is C16H26N4O3. The Morgan fingerprint density at radius 3 is 1.96 bits per heavy atom. The molecular weight excluding hydrogens is 296 g/mol. The van der Waals surface area contributed by atoms with Crippen LogP contribution < -0.4 is 0 Å². The Bertz CT molecular complexity index is 506. The maximum absolute atomic E-state index is 12.2. The lowest BCUT2D eigenvalue weighted by Gasteiger charge is -2.35. The van der Waals surface area contributed by atoms with E-state index in [1.807, 2.05) is 34.6 Å². The lowest BCUT2D eigenvalue weighted by Crippen LogP contribution is -2.51. The molecule has 1 aliphatic rings. The van der Waals surface area contributed by atoms with Gasteiger partial charge in [-0.3, -0.25) is 4.79 Å². The Labute approximate surface area is 137 Å². The highest BCUT2D eigenvalue weighted by Crippen LogP contribution is 2.12. The second-order valence-electron chi connectivity index (χ2n) is 5.83. The Kier molecular flexibility index (Phi) is 6.93. The van der Waals surface area contributed by atoms with Gasteiger partial charge in [0.25, 0.3) is 5.91 Å². The molecule has 1 aliphatic heterocycles. The first kappa shape index (κ1) is 18.9. The summed E-state index contributed by atoms with van der Waals surface area (Å²) in [5.41, 5.74) is -0.512. The number of carbonyl (C=O) groups is 2.